The van der Waals surface area contributed by atoms with Crippen LogP contribution in [0.25, 0.3) is 11.4 Å². The Labute approximate surface area is 150 Å². The van der Waals surface area contributed by atoms with Gasteiger partial charge in [0.1, 0.15) is 5.82 Å². The largest absolute Gasteiger partial charge is 0.493 e. The Kier molecular flexibility index (Phi) is 5.48. The molecular weight excluding hydrogens is 337 g/mol. The normalized spacial score (nSPS) is 12.0. The first-order valence-corrected chi connectivity index (χ1v) is 8.14. The average Bonchev–Trinajstić information content (AvgIpc) is 3.16. The van der Waals surface area contributed by atoms with Crippen molar-refractivity contribution in [2.45, 2.75) is 19.5 Å². The first-order valence-electron chi connectivity index (χ1n) is 8.14. The number of ether oxygens (including phenoxy) is 2. The quantitative estimate of drug-likeness (QED) is 0.695. The molecule has 0 aliphatic heterocycles. The molecule has 0 aliphatic carbocycles. The number of hydrogen-bond donors (Lipinski definition) is 1. The lowest BCUT2D eigenvalue weighted by Crippen LogP contribution is -2.18. The van der Waals surface area contributed by atoms with Crippen LogP contribution in [-0.2, 0) is 6.54 Å². The maximum Gasteiger partial charge on any atom is 0.243 e. The summed E-state index contributed by atoms with van der Waals surface area (Å²) in [5.41, 5.74) is 1.60. The van der Waals surface area contributed by atoms with E-state index in [1.54, 1.807) is 26.4 Å². The lowest BCUT2D eigenvalue weighted by Gasteiger charge is -2.12. The van der Waals surface area contributed by atoms with Crippen molar-refractivity contribution in [1.82, 2.24) is 15.5 Å². The number of methoxy groups -OCH3 is 2. The highest BCUT2D eigenvalue weighted by molar-refractivity contribution is 5.53. The molecule has 0 spiro atoms. The number of hydrogen-bond acceptors (Lipinski definition) is 6. The van der Waals surface area contributed by atoms with Gasteiger partial charge in [-0.25, -0.2) is 4.39 Å². The molecule has 6 nitrogen and oxygen atoms in total. The molecule has 1 heterocycles. The molecule has 136 valence electrons. The second-order valence-electron chi connectivity index (χ2n) is 5.76. The summed E-state index contributed by atoms with van der Waals surface area (Å²) in [6.07, 6.45) is 0. The van der Waals surface area contributed by atoms with Gasteiger partial charge in [-0.15, -0.1) is 0 Å². The molecule has 0 bridgehead atoms. The smallest absolute Gasteiger partial charge is 0.243 e. The molecule has 1 atom stereocenters. The maximum absolute atomic E-state index is 13.3. The SMILES string of the molecule is COc1ccc(CNC(C)c2nc(-c3cccc(F)c3)no2)cc1OC. The highest BCUT2D eigenvalue weighted by Gasteiger charge is 2.15. The lowest BCUT2D eigenvalue weighted by atomic mass is 10.2. The van der Waals surface area contributed by atoms with E-state index in [-0.39, 0.29) is 11.9 Å². The predicted octanol–water partition coefficient (Wildman–Crippen LogP) is 3.74. The minimum absolute atomic E-state index is 0.169. The molecule has 1 N–H and O–H groups in total. The van der Waals surface area contributed by atoms with Crippen molar-refractivity contribution in [2.75, 3.05) is 14.2 Å². The molecule has 0 aliphatic rings. The summed E-state index contributed by atoms with van der Waals surface area (Å²) in [7, 11) is 3.20. The van der Waals surface area contributed by atoms with Crippen LogP contribution in [0.4, 0.5) is 4.39 Å². The van der Waals surface area contributed by atoms with E-state index in [1.165, 1.54) is 12.1 Å². The third kappa shape index (κ3) is 4.00. The van der Waals surface area contributed by atoms with Crippen molar-refractivity contribution in [2.24, 2.45) is 0 Å². The number of rotatable bonds is 7. The summed E-state index contributed by atoms with van der Waals surface area (Å²) in [6.45, 7) is 2.50. The zero-order valence-electron chi connectivity index (χ0n) is 14.8. The van der Waals surface area contributed by atoms with E-state index < -0.39 is 0 Å². The molecular formula is C19H20FN3O3. The van der Waals surface area contributed by atoms with Crippen LogP contribution < -0.4 is 14.8 Å². The second-order valence-corrected chi connectivity index (χ2v) is 5.76. The molecule has 0 amide bonds. The number of aromatic nitrogens is 2. The van der Waals surface area contributed by atoms with Crippen LogP contribution in [0, 0.1) is 5.82 Å². The fraction of sp³-hybridized carbons (Fsp3) is 0.263. The number of halogens is 1. The van der Waals surface area contributed by atoms with Gasteiger partial charge in [-0.05, 0) is 36.8 Å². The predicted molar refractivity (Wildman–Crippen MR) is 94.5 cm³/mol. The first-order chi connectivity index (χ1) is 12.6. The summed E-state index contributed by atoms with van der Waals surface area (Å²) in [4.78, 5) is 4.34. The van der Waals surface area contributed by atoms with Crippen LogP contribution >= 0.6 is 0 Å². The number of nitrogens with one attached hydrogen (secondary N) is 1. The van der Waals surface area contributed by atoms with Gasteiger partial charge in [0.15, 0.2) is 11.5 Å². The van der Waals surface area contributed by atoms with Gasteiger partial charge in [-0.3, -0.25) is 0 Å². The van der Waals surface area contributed by atoms with Crippen LogP contribution in [0.2, 0.25) is 0 Å². The molecule has 1 aromatic heterocycles. The fourth-order valence-corrected chi connectivity index (χ4v) is 2.50. The monoisotopic (exact) mass is 357 g/mol. The van der Waals surface area contributed by atoms with Gasteiger partial charge >= 0.3 is 0 Å². The highest BCUT2D eigenvalue weighted by Crippen LogP contribution is 2.27. The van der Waals surface area contributed by atoms with E-state index in [0.29, 0.717) is 35.3 Å². The Hall–Kier alpha value is -2.93. The summed E-state index contributed by atoms with van der Waals surface area (Å²) < 4.78 is 29.2. The minimum atomic E-state index is -0.339. The average molecular weight is 357 g/mol. The lowest BCUT2D eigenvalue weighted by molar-refractivity contribution is 0.338. The third-order valence-corrected chi connectivity index (χ3v) is 3.96. The molecule has 0 saturated heterocycles. The van der Waals surface area contributed by atoms with E-state index in [2.05, 4.69) is 15.5 Å². The first kappa shape index (κ1) is 17.9. The number of nitrogens with zero attached hydrogens (tertiary/aromatic N) is 2. The van der Waals surface area contributed by atoms with E-state index in [4.69, 9.17) is 14.0 Å². The molecule has 0 radical (unpaired) electrons. The van der Waals surface area contributed by atoms with Gasteiger partial charge in [0.25, 0.3) is 0 Å². The van der Waals surface area contributed by atoms with E-state index in [0.717, 1.165) is 5.56 Å². The summed E-state index contributed by atoms with van der Waals surface area (Å²) in [5, 5.41) is 7.24. The molecule has 1 unspecified atom stereocenters. The summed E-state index contributed by atoms with van der Waals surface area (Å²) in [6, 6.07) is 11.6. The van der Waals surface area contributed by atoms with E-state index in [1.807, 2.05) is 25.1 Å². The Morgan fingerprint density at radius 3 is 2.65 bits per heavy atom. The molecule has 3 rings (SSSR count). The van der Waals surface area contributed by atoms with Crippen LogP contribution in [0.1, 0.15) is 24.4 Å². The van der Waals surface area contributed by atoms with Crippen molar-refractivity contribution in [3.63, 3.8) is 0 Å². The molecule has 2 aromatic carbocycles. The van der Waals surface area contributed by atoms with Gasteiger partial charge in [0.05, 0.1) is 20.3 Å². The van der Waals surface area contributed by atoms with E-state index in [9.17, 15) is 4.39 Å². The van der Waals surface area contributed by atoms with Crippen LogP contribution in [-0.4, -0.2) is 24.4 Å². The van der Waals surface area contributed by atoms with Crippen LogP contribution in [0.5, 0.6) is 11.5 Å². The van der Waals surface area contributed by atoms with Crippen LogP contribution in [0.3, 0.4) is 0 Å². The second kappa shape index (κ2) is 7.97. The zero-order chi connectivity index (χ0) is 18.5. The van der Waals surface area contributed by atoms with Crippen molar-refractivity contribution in [1.29, 1.82) is 0 Å². The van der Waals surface area contributed by atoms with Crippen molar-refractivity contribution in [3.05, 3.63) is 59.7 Å². The highest BCUT2D eigenvalue weighted by atomic mass is 19.1. The van der Waals surface area contributed by atoms with Gasteiger partial charge in [-0.2, -0.15) is 4.98 Å². The Morgan fingerprint density at radius 1 is 1.12 bits per heavy atom. The van der Waals surface area contributed by atoms with Gasteiger partial charge in [-0.1, -0.05) is 23.4 Å². The summed E-state index contributed by atoms with van der Waals surface area (Å²) >= 11 is 0. The van der Waals surface area contributed by atoms with Gasteiger partial charge in [0, 0.05) is 12.1 Å². The topological polar surface area (TPSA) is 69.4 Å². The molecule has 3 aromatic rings. The fourth-order valence-electron chi connectivity index (χ4n) is 2.50. The Bertz CT molecular complexity index is 882. The van der Waals surface area contributed by atoms with Crippen molar-refractivity contribution >= 4 is 0 Å². The molecule has 7 heteroatoms. The summed E-state index contributed by atoms with van der Waals surface area (Å²) in [5.74, 6) is 1.81. The van der Waals surface area contributed by atoms with Crippen molar-refractivity contribution < 1.29 is 18.4 Å². The van der Waals surface area contributed by atoms with E-state index >= 15 is 0 Å². The molecule has 0 saturated carbocycles. The minimum Gasteiger partial charge on any atom is -0.493 e. The number of benzene rings is 2. The zero-order valence-corrected chi connectivity index (χ0v) is 14.8. The molecule has 26 heavy (non-hydrogen) atoms. The Morgan fingerprint density at radius 2 is 1.92 bits per heavy atom. The standard InChI is InChI=1S/C19H20FN3O3/c1-12(21-11-13-7-8-16(24-2)17(9-13)25-3)19-22-18(23-26-19)14-5-4-6-15(20)10-14/h4-10,12,21H,11H2,1-3H3. The third-order valence-electron chi connectivity index (χ3n) is 3.96. The van der Waals surface area contributed by atoms with Gasteiger partial charge in [0.2, 0.25) is 11.7 Å². The van der Waals surface area contributed by atoms with Crippen molar-refractivity contribution in [3.8, 4) is 22.9 Å². The maximum atomic E-state index is 13.3. The van der Waals surface area contributed by atoms with Crippen LogP contribution in [0.15, 0.2) is 47.0 Å². The Balaban J connectivity index is 1.66. The molecule has 0 fully saturated rings. The van der Waals surface area contributed by atoms with Gasteiger partial charge < -0.3 is 19.3 Å².